The first-order valence-electron chi connectivity index (χ1n) is 10.7. The first-order valence-corrected chi connectivity index (χ1v) is 10.7. The van der Waals surface area contributed by atoms with E-state index in [1.165, 1.54) is 16.9 Å². The van der Waals surface area contributed by atoms with E-state index in [0.29, 0.717) is 19.6 Å². The van der Waals surface area contributed by atoms with Gasteiger partial charge in [-0.05, 0) is 45.1 Å². The van der Waals surface area contributed by atoms with Gasteiger partial charge in [-0.3, -0.25) is 9.69 Å². The van der Waals surface area contributed by atoms with Crippen LogP contribution in [0.1, 0.15) is 32.8 Å². The lowest BCUT2D eigenvalue weighted by Crippen LogP contribution is -2.58. The van der Waals surface area contributed by atoms with E-state index in [1.54, 1.807) is 20.8 Å². The second-order valence-corrected chi connectivity index (χ2v) is 9.09. The van der Waals surface area contributed by atoms with E-state index in [2.05, 4.69) is 0 Å². The fraction of sp³-hybridized carbons (Fsp3) is 0.609. The van der Waals surface area contributed by atoms with Crippen LogP contribution in [0, 0.1) is 5.92 Å². The summed E-state index contributed by atoms with van der Waals surface area (Å²) in [6, 6.07) is 8.52. The van der Waals surface area contributed by atoms with Gasteiger partial charge in [0.1, 0.15) is 11.6 Å². The molecule has 0 bridgehead atoms. The topological polar surface area (TPSA) is 85.4 Å². The Morgan fingerprint density at radius 3 is 2.45 bits per heavy atom. The van der Waals surface area contributed by atoms with Gasteiger partial charge in [0.15, 0.2) is 6.04 Å². The molecule has 0 spiro atoms. The summed E-state index contributed by atoms with van der Waals surface area (Å²) in [7, 11) is 1.29. The highest BCUT2D eigenvalue weighted by atomic mass is 16.6. The molecular weight excluding hydrogens is 400 g/mol. The average Bonchev–Trinajstić information content (AvgIpc) is 3.16. The standard InChI is InChI=1S/C23H32N2O6/c1-23(2,3)31-22(28)25-14-17(12-16-8-6-5-7-9-16)13-18(25)20(26)24-10-11-30-15-19(24)21(27)29-4/h5-9,17-19H,10-15H2,1-4H3/t17-,18+,19-/m0/s1. The molecule has 2 amide bonds. The molecule has 2 aliphatic rings. The molecule has 31 heavy (non-hydrogen) atoms. The van der Waals surface area contributed by atoms with Crippen molar-refractivity contribution < 1.29 is 28.6 Å². The highest BCUT2D eigenvalue weighted by Crippen LogP contribution is 2.30. The highest BCUT2D eigenvalue weighted by Gasteiger charge is 2.45. The SMILES string of the molecule is COC(=O)[C@@H]1COCCN1C(=O)[C@H]1C[C@H](Cc2ccccc2)CN1C(=O)OC(C)(C)C. The van der Waals surface area contributed by atoms with Crippen LogP contribution in [0.3, 0.4) is 0 Å². The fourth-order valence-corrected chi connectivity index (χ4v) is 4.16. The number of likely N-dealkylation sites (tertiary alicyclic amines) is 1. The summed E-state index contributed by atoms with van der Waals surface area (Å²) in [6.07, 6.45) is 0.760. The smallest absolute Gasteiger partial charge is 0.410 e. The minimum absolute atomic E-state index is 0.0883. The fourth-order valence-electron chi connectivity index (χ4n) is 4.16. The van der Waals surface area contributed by atoms with Crippen molar-refractivity contribution in [3.8, 4) is 0 Å². The van der Waals surface area contributed by atoms with E-state index in [-0.39, 0.29) is 25.0 Å². The third kappa shape index (κ3) is 5.76. The van der Waals surface area contributed by atoms with Crippen LogP contribution in [0.15, 0.2) is 30.3 Å². The first-order chi connectivity index (χ1) is 14.7. The lowest BCUT2D eigenvalue weighted by Gasteiger charge is -2.37. The first kappa shape index (κ1) is 23.1. The summed E-state index contributed by atoms with van der Waals surface area (Å²) in [5, 5.41) is 0. The van der Waals surface area contributed by atoms with Gasteiger partial charge in [-0.1, -0.05) is 30.3 Å². The Labute approximate surface area is 183 Å². The Morgan fingerprint density at radius 1 is 1.10 bits per heavy atom. The van der Waals surface area contributed by atoms with Gasteiger partial charge in [-0.25, -0.2) is 9.59 Å². The molecule has 0 radical (unpaired) electrons. The Hall–Kier alpha value is -2.61. The molecule has 0 saturated carbocycles. The van der Waals surface area contributed by atoms with E-state index in [0.717, 1.165) is 12.0 Å². The zero-order valence-electron chi connectivity index (χ0n) is 18.7. The summed E-state index contributed by atoms with van der Waals surface area (Å²) >= 11 is 0. The van der Waals surface area contributed by atoms with Gasteiger partial charge < -0.3 is 19.1 Å². The Balaban J connectivity index is 1.81. The van der Waals surface area contributed by atoms with Crippen LogP contribution in [-0.4, -0.2) is 78.9 Å². The molecule has 1 aromatic rings. The number of carbonyl (C=O) groups excluding carboxylic acids is 3. The van der Waals surface area contributed by atoms with Crippen LogP contribution < -0.4 is 0 Å². The monoisotopic (exact) mass is 432 g/mol. The maximum absolute atomic E-state index is 13.5. The van der Waals surface area contributed by atoms with E-state index < -0.39 is 29.7 Å². The summed E-state index contributed by atoms with van der Waals surface area (Å²) in [4.78, 5) is 41.7. The van der Waals surface area contributed by atoms with Crippen LogP contribution in [0.4, 0.5) is 4.79 Å². The van der Waals surface area contributed by atoms with Crippen molar-refractivity contribution in [2.45, 2.75) is 51.3 Å². The predicted molar refractivity (Wildman–Crippen MR) is 113 cm³/mol. The minimum atomic E-state index is -0.806. The molecule has 170 valence electrons. The molecule has 8 nitrogen and oxygen atoms in total. The molecule has 0 N–H and O–H groups in total. The summed E-state index contributed by atoms with van der Waals surface area (Å²) < 4.78 is 15.8. The Bertz CT molecular complexity index is 791. The van der Waals surface area contributed by atoms with Crippen molar-refractivity contribution in [1.82, 2.24) is 9.80 Å². The maximum atomic E-state index is 13.5. The summed E-state index contributed by atoms with van der Waals surface area (Å²) in [6.45, 7) is 6.53. The molecule has 2 heterocycles. The van der Waals surface area contributed by atoms with Gasteiger partial charge in [-0.15, -0.1) is 0 Å². The van der Waals surface area contributed by atoms with Crippen molar-refractivity contribution in [3.63, 3.8) is 0 Å². The number of ether oxygens (including phenoxy) is 3. The normalized spacial score (nSPS) is 24.1. The van der Waals surface area contributed by atoms with Crippen LogP contribution in [-0.2, 0) is 30.2 Å². The Morgan fingerprint density at radius 2 is 1.81 bits per heavy atom. The number of hydrogen-bond donors (Lipinski definition) is 0. The Kier molecular flexibility index (Phi) is 7.20. The van der Waals surface area contributed by atoms with Crippen molar-refractivity contribution in [2.24, 2.45) is 5.92 Å². The largest absolute Gasteiger partial charge is 0.467 e. The third-order valence-electron chi connectivity index (χ3n) is 5.55. The summed E-state index contributed by atoms with van der Waals surface area (Å²) in [5.74, 6) is -0.669. The molecule has 0 aliphatic carbocycles. The lowest BCUT2D eigenvalue weighted by molar-refractivity contribution is -0.162. The average molecular weight is 433 g/mol. The summed E-state index contributed by atoms with van der Waals surface area (Å²) in [5.41, 5.74) is 0.485. The number of nitrogens with zero attached hydrogens (tertiary/aromatic N) is 2. The molecule has 2 fully saturated rings. The number of rotatable bonds is 4. The molecule has 8 heteroatoms. The number of carbonyl (C=O) groups is 3. The molecule has 0 unspecified atom stereocenters. The second kappa shape index (κ2) is 9.68. The van der Waals surface area contributed by atoms with Gasteiger partial charge in [0.2, 0.25) is 5.91 Å². The molecule has 0 aromatic heterocycles. The minimum Gasteiger partial charge on any atom is -0.467 e. The zero-order valence-corrected chi connectivity index (χ0v) is 18.7. The van der Waals surface area contributed by atoms with E-state index >= 15 is 0 Å². The zero-order chi connectivity index (χ0) is 22.6. The molecular formula is C23H32N2O6. The number of amides is 2. The molecule has 2 saturated heterocycles. The van der Waals surface area contributed by atoms with Gasteiger partial charge in [0.25, 0.3) is 0 Å². The van der Waals surface area contributed by atoms with Crippen LogP contribution in [0.25, 0.3) is 0 Å². The van der Waals surface area contributed by atoms with Gasteiger partial charge in [-0.2, -0.15) is 0 Å². The molecule has 3 rings (SSSR count). The van der Waals surface area contributed by atoms with Gasteiger partial charge in [0.05, 0.1) is 20.3 Å². The predicted octanol–water partition coefficient (Wildman–Crippen LogP) is 2.26. The molecule has 2 aliphatic heterocycles. The van der Waals surface area contributed by atoms with E-state index in [1.807, 2.05) is 30.3 Å². The van der Waals surface area contributed by atoms with Gasteiger partial charge >= 0.3 is 12.1 Å². The van der Waals surface area contributed by atoms with Crippen molar-refractivity contribution >= 4 is 18.0 Å². The molecule has 3 atom stereocenters. The quantitative estimate of drug-likeness (QED) is 0.679. The van der Waals surface area contributed by atoms with Crippen molar-refractivity contribution in [2.75, 3.05) is 33.4 Å². The van der Waals surface area contributed by atoms with E-state index in [4.69, 9.17) is 14.2 Å². The maximum Gasteiger partial charge on any atom is 0.410 e. The highest BCUT2D eigenvalue weighted by molar-refractivity contribution is 5.90. The number of morpholine rings is 1. The van der Waals surface area contributed by atoms with E-state index in [9.17, 15) is 14.4 Å². The number of esters is 1. The number of benzene rings is 1. The van der Waals surface area contributed by atoms with Crippen molar-refractivity contribution in [3.05, 3.63) is 35.9 Å². The van der Waals surface area contributed by atoms with Gasteiger partial charge in [0, 0.05) is 13.1 Å². The van der Waals surface area contributed by atoms with Crippen molar-refractivity contribution in [1.29, 1.82) is 0 Å². The number of methoxy groups -OCH3 is 1. The molecule has 1 aromatic carbocycles. The van der Waals surface area contributed by atoms with Crippen LogP contribution >= 0.6 is 0 Å². The number of hydrogen-bond acceptors (Lipinski definition) is 6. The van der Waals surface area contributed by atoms with Crippen LogP contribution in [0.5, 0.6) is 0 Å². The lowest BCUT2D eigenvalue weighted by atomic mass is 9.96. The second-order valence-electron chi connectivity index (χ2n) is 9.09. The third-order valence-corrected chi connectivity index (χ3v) is 5.55. The van der Waals surface area contributed by atoms with Crippen LogP contribution in [0.2, 0.25) is 0 Å².